The Balaban J connectivity index is 0.788. The summed E-state index contributed by atoms with van der Waals surface area (Å²) in [4.78, 5) is 16.3. The van der Waals surface area contributed by atoms with Crippen molar-refractivity contribution in [1.82, 2.24) is 24.1 Å². The first-order valence-corrected chi connectivity index (χ1v) is 30.8. The number of rotatable bonds is 8. The van der Waals surface area contributed by atoms with Crippen LogP contribution in [0.5, 0.6) is 0 Å². The van der Waals surface area contributed by atoms with E-state index in [1.54, 1.807) is 0 Å². The maximum atomic E-state index is 6.81. The topological polar surface area (TPSA) is 74.8 Å². The first-order chi connectivity index (χ1) is 44.1. The maximum Gasteiger partial charge on any atom is 0.164 e. The number of furan rings is 2. The summed E-state index contributed by atoms with van der Waals surface area (Å²) in [6.45, 7) is 0. The minimum Gasteiger partial charge on any atom is -0.456 e. The fourth-order valence-electron chi connectivity index (χ4n) is 13.9. The molecule has 0 N–H and O–H groups in total. The van der Waals surface area contributed by atoms with Gasteiger partial charge >= 0.3 is 0 Å². The van der Waals surface area contributed by atoms with Crippen molar-refractivity contribution in [3.8, 4) is 78.9 Å². The number of aromatic nitrogens is 5. The number of benzene rings is 13. The zero-order chi connectivity index (χ0) is 58.3. The summed E-state index contributed by atoms with van der Waals surface area (Å²) in [5.74, 6) is 1.65. The lowest BCUT2D eigenvalue weighted by molar-refractivity contribution is 0.668. The highest BCUT2D eigenvalue weighted by atomic mass is 32.1. The van der Waals surface area contributed by atoms with Gasteiger partial charge in [-0.25, -0.2) is 15.0 Å². The molecule has 6 aromatic heterocycles. The predicted molar refractivity (Wildman–Crippen MR) is 369 cm³/mol. The number of nitrogens with zero attached hydrogens (tertiary/aromatic N) is 5. The smallest absolute Gasteiger partial charge is 0.164 e. The van der Waals surface area contributed by atoms with Gasteiger partial charge in [-0.15, -0.1) is 11.3 Å². The SMILES string of the molecule is c1ccc(-n2c3ccccc3c3cc(-c4cc(-c5ccc6oc7cccc(-c8nc(-c9cccc(-c%10ccc%11c(c%10)oc%10ccccc%10%11)c9)nc(-c9cccc(-n%10c%11ccccc%11c%11ccccc%11%10)c9)n8)c7c6c5)cc5c4sc4ccccc45)ccc32)cc1. The molecule has 19 rings (SSSR count). The van der Waals surface area contributed by atoms with Crippen LogP contribution in [0, 0.1) is 0 Å². The number of hydrogen-bond donors (Lipinski definition) is 0. The number of thiophene rings is 1. The molecule has 0 fully saturated rings. The largest absolute Gasteiger partial charge is 0.456 e. The molecule has 6 heterocycles. The van der Waals surface area contributed by atoms with E-state index >= 15 is 0 Å². The van der Waals surface area contributed by atoms with Crippen LogP contribution in [-0.2, 0) is 0 Å². The first kappa shape index (κ1) is 49.5. The van der Waals surface area contributed by atoms with E-state index in [9.17, 15) is 0 Å². The van der Waals surface area contributed by atoms with Gasteiger partial charge in [-0.2, -0.15) is 0 Å². The van der Waals surface area contributed by atoms with Crippen LogP contribution in [0.3, 0.4) is 0 Å². The summed E-state index contributed by atoms with van der Waals surface area (Å²) in [6, 6.07) is 102. The minimum absolute atomic E-state index is 0.539. The van der Waals surface area contributed by atoms with Crippen LogP contribution < -0.4 is 0 Å². The van der Waals surface area contributed by atoms with Crippen molar-refractivity contribution in [3.05, 3.63) is 285 Å². The van der Waals surface area contributed by atoms with E-state index < -0.39 is 0 Å². The summed E-state index contributed by atoms with van der Waals surface area (Å²) in [6.07, 6.45) is 0. The summed E-state index contributed by atoms with van der Waals surface area (Å²) < 4.78 is 20.4. The maximum absolute atomic E-state index is 6.81. The van der Waals surface area contributed by atoms with E-state index in [1.165, 1.54) is 63.9 Å². The van der Waals surface area contributed by atoms with Crippen LogP contribution in [0.1, 0.15) is 0 Å². The molecular formula is C81H47N5O2S. The van der Waals surface area contributed by atoms with Gasteiger partial charge in [0.05, 0.1) is 22.1 Å². The molecule has 0 saturated heterocycles. The van der Waals surface area contributed by atoms with Gasteiger partial charge in [-0.05, 0) is 143 Å². The molecule has 89 heavy (non-hydrogen) atoms. The van der Waals surface area contributed by atoms with Gasteiger partial charge in [-0.1, -0.05) is 170 Å². The van der Waals surface area contributed by atoms with Crippen molar-refractivity contribution >= 4 is 119 Å². The Morgan fingerprint density at radius 3 is 1.57 bits per heavy atom. The van der Waals surface area contributed by atoms with Crippen LogP contribution in [0.15, 0.2) is 294 Å². The van der Waals surface area contributed by atoms with Crippen molar-refractivity contribution in [1.29, 1.82) is 0 Å². The van der Waals surface area contributed by atoms with Gasteiger partial charge in [0.2, 0.25) is 0 Å². The van der Waals surface area contributed by atoms with Crippen LogP contribution in [0.4, 0.5) is 0 Å². The Hall–Kier alpha value is -11.7. The minimum atomic E-state index is 0.539. The second-order valence-corrected chi connectivity index (χ2v) is 24.1. The number of fused-ring (bicyclic) bond motifs is 15. The fraction of sp³-hybridized carbons (Fsp3) is 0. The summed E-state index contributed by atoms with van der Waals surface area (Å²) >= 11 is 1.86. The molecule has 0 unspecified atom stereocenters. The molecular weight excluding hydrogens is 1110 g/mol. The van der Waals surface area contributed by atoms with Crippen molar-refractivity contribution in [3.63, 3.8) is 0 Å². The summed E-state index contributed by atoms with van der Waals surface area (Å²) in [5, 5.41) is 11.4. The van der Waals surface area contributed by atoms with Gasteiger partial charge in [0.25, 0.3) is 0 Å². The highest BCUT2D eigenvalue weighted by molar-refractivity contribution is 7.26. The quantitative estimate of drug-likeness (QED) is 0.152. The fourth-order valence-corrected chi connectivity index (χ4v) is 15.1. The predicted octanol–water partition coefficient (Wildman–Crippen LogP) is 22.2. The van der Waals surface area contributed by atoms with Crippen LogP contribution in [0.2, 0.25) is 0 Å². The molecule has 0 saturated carbocycles. The van der Waals surface area contributed by atoms with E-state index in [-0.39, 0.29) is 0 Å². The van der Waals surface area contributed by atoms with Crippen LogP contribution in [-0.4, -0.2) is 24.1 Å². The molecule has 7 nitrogen and oxygen atoms in total. The van der Waals surface area contributed by atoms with Crippen molar-refractivity contribution in [2.75, 3.05) is 0 Å². The third-order valence-electron chi connectivity index (χ3n) is 18.0. The van der Waals surface area contributed by atoms with E-state index in [4.69, 9.17) is 23.8 Å². The average Bonchev–Trinajstić information content (AvgIpc) is 1.79. The second-order valence-electron chi connectivity index (χ2n) is 23.0. The monoisotopic (exact) mass is 1150 g/mol. The molecule has 0 amide bonds. The molecule has 414 valence electrons. The Bertz CT molecular complexity index is 6090. The highest BCUT2D eigenvalue weighted by Crippen LogP contribution is 2.46. The zero-order valence-electron chi connectivity index (χ0n) is 47.6. The van der Waals surface area contributed by atoms with Crippen molar-refractivity contribution in [2.45, 2.75) is 0 Å². The van der Waals surface area contributed by atoms with Gasteiger partial charge in [0.1, 0.15) is 22.3 Å². The lowest BCUT2D eigenvalue weighted by atomic mass is 9.94. The Kier molecular flexibility index (Phi) is 10.8. The number of para-hydroxylation sites is 5. The summed E-state index contributed by atoms with van der Waals surface area (Å²) in [7, 11) is 0. The van der Waals surface area contributed by atoms with E-state index in [0.29, 0.717) is 17.5 Å². The van der Waals surface area contributed by atoms with Gasteiger partial charge in [0, 0.05) is 96.9 Å². The first-order valence-electron chi connectivity index (χ1n) is 30.0. The summed E-state index contributed by atoms with van der Waals surface area (Å²) in [5.41, 5.74) is 19.2. The Morgan fingerprint density at radius 2 is 0.775 bits per heavy atom. The highest BCUT2D eigenvalue weighted by Gasteiger charge is 2.23. The van der Waals surface area contributed by atoms with Gasteiger partial charge in [-0.3, -0.25) is 0 Å². The molecule has 13 aromatic carbocycles. The number of hydrogen-bond acceptors (Lipinski definition) is 6. The van der Waals surface area contributed by atoms with E-state index in [1.807, 2.05) is 35.6 Å². The molecule has 0 bridgehead atoms. The third kappa shape index (κ3) is 7.80. The molecule has 0 aliphatic rings. The Labute approximate surface area is 512 Å². The van der Waals surface area contributed by atoms with E-state index in [2.05, 4.69) is 270 Å². The van der Waals surface area contributed by atoms with Crippen molar-refractivity contribution < 1.29 is 8.83 Å². The van der Waals surface area contributed by atoms with E-state index in [0.717, 1.165) is 105 Å². The second kappa shape index (κ2) is 19.4. The van der Waals surface area contributed by atoms with Crippen molar-refractivity contribution in [2.24, 2.45) is 0 Å². The normalized spacial score (nSPS) is 12.0. The molecule has 0 radical (unpaired) electrons. The van der Waals surface area contributed by atoms with Gasteiger partial charge < -0.3 is 18.0 Å². The lowest BCUT2D eigenvalue weighted by Gasteiger charge is -2.12. The lowest BCUT2D eigenvalue weighted by Crippen LogP contribution is -2.01. The molecule has 0 aliphatic carbocycles. The van der Waals surface area contributed by atoms with Crippen LogP contribution >= 0.6 is 11.3 Å². The molecule has 8 heteroatoms. The van der Waals surface area contributed by atoms with Crippen LogP contribution in [0.25, 0.3) is 187 Å². The molecule has 0 spiro atoms. The molecule has 0 aliphatic heterocycles. The Morgan fingerprint density at radius 1 is 0.258 bits per heavy atom. The standard InChI is InChI=1S/C81H47N5O2S/c1-2-20-55(21-3-1)85-70-31-11-6-25-59(70)65-44-51(36-39-71(65)85)64-45-54(46-66-62-27-8-13-34-76(62)89-78(64)66)49-37-40-73-67(43-49)77-63(28-16-33-74(77)87-73)81-83-79(52-18-14-17-48(41-52)50-35-38-61-60-26-7-12-32-72(60)88-75(61)47-50)82-80(84-81)53-19-15-22-56(42-53)86-68-29-9-4-23-57(68)58-24-5-10-30-69(58)86/h1-47H. The molecule has 0 atom stereocenters. The third-order valence-corrected chi connectivity index (χ3v) is 19.2. The molecule has 19 aromatic rings. The van der Waals surface area contributed by atoms with Gasteiger partial charge in [0.15, 0.2) is 17.5 Å². The average molecular weight is 1150 g/mol. The zero-order valence-corrected chi connectivity index (χ0v) is 48.4.